The molecular formula is C19H17N3O. The van der Waals surface area contributed by atoms with E-state index in [1.165, 1.54) is 5.56 Å². The molecule has 0 bridgehead atoms. The van der Waals surface area contributed by atoms with Gasteiger partial charge in [0, 0.05) is 42.3 Å². The van der Waals surface area contributed by atoms with E-state index in [1.54, 1.807) is 24.8 Å². The molecule has 1 aromatic carbocycles. The van der Waals surface area contributed by atoms with E-state index in [0.29, 0.717) is 6.61 Å². The number of oxime groups is 1. The number of benzene rings is 1. The molecule has 0 saturated carbocycles. The lowest BCUT2D eigenvalue weighted by Gasteiger charge is -2.07. The van der Waals surface area contributed by atoms with Gasteiger partial charge in [0.1, 0.15) is 12.3 Å². The van der Waals surface area contributed by atoms with Crippen LogP contribution >= 0.6 is 0 Å². The van der Waals surface area contributed by atoms with Gasteiger partial charge in [0.05, 0.1) is 0 Å². The molecule has 3 aromatic rings. The first kappa shape index (κ1) is 14.9. The summed E-state index contributed by atoms with van der Waals surface area (Å²) in [5.74, 6) is 0. The monoisotopic (exact) mass is 303 g/mol. The minimum atomic E-state index is 0.522. The van der Waals surface area contributed by atoms with Crippen molar-refractivity contribution in [2.45, 2.75) is 6.42 Å². The third-order valence-corrected chi connectivity index (χ3v) is 3.35. The van der Waals surface area contributed by atoms with Gasteiger partial charge < -0.3 is 4.84 Å². The first-order chi connectivity index (χ1) is 11.4. The van der Waals surface area contributed by atoms with Crippen molar-refractivity contribution in [3.63, 3.8) is 0 Å². The van der Waals surface area contributed by atoms with Crippen LogP contribution < -0.4 is 0 Å². The normalized spacial score (nSPS) is 10.1. The van der Waals surface area contributed by atoms with Gasteiger partial charge in [-0.3, -0.25) is 9.97 Å². The average molecular weight is 303 g/mol. The molecule has 2 aromatic heterocycles. The Labute approximate surface area is 135 Å². The van der Waals surface area contributed by atoms with Crippen LogP contribution in [0, 0.1) is 0 Å². The molecule has 0 amide bonds. The van der Waals surface area contributed by atoms with Gasteiger partial charge >= 0.3 is 0 Å². The average Bonchev–Trinajstić information content (AvgIpc) is 2.64. The minimum Gasteiger partial charge on any atom is -0.395 e. The van der Waals surface area contributed by atoms with E-state index in [4.69, 9.17) is 4.84 Å². The van der Waals surface area contributed by atoms with Gasteiger partial charge in [-0.25, -0.2) is 0 Å². The van der Waals surface area contributed by atoms with Gasteiger partial charge in [0.15, 0.2) is 0 Å². The van der Waals surface area contributed by atoms with Crippen molar-refractivity contribution < 1.29 is 4.84 Å². The van der Waals surface area contributed by atoms with Crippen molar-refractivity contribution in [2.24, 2.45) is 5.16 Å². The Morgan fingerprint density at radius 2 is 1.48 bits per heavy atom. The molecule has 0 aliphatic carbocycles. The van der Waals surface area contributed by atoms with E-state index in [-0.39, 0.29) is 0 Å². The Balaban J connectivity index is 1.73. The third kappa shape index (κ3) is 4.23. The quantitative estimate of drug-likeness (QED) is 0.398. The van der Waals surface area contributed by atoms with Crippen LogP contribution in [0.5, 0.6) is 0 Å². The number of pyridine rings is 2. The summed E-state index contributed by atoms with van der Waals surface area (Å²) in [4.78, 5) is 13.8. The molecule has 114 valence electrons. The van der Waals surface area contributed by atoms with Gasteiger partial charge in [-0.2, -0.15) is 0 Å². The highest BCUT2D eigenvalue weighted by molar-refractivity contribution is 6.12. The Hall–Kier alpha value is -3.01. The summed E-state index contributed by atoms with van der Waals surface area (Å²) in [6.45, 7) is 0.522. The number of rotatable bonds is 6. The SMILES string of the molecule is c1ccc(CCON=C(c2cccnc2)c2cccnc2)cc1. The van der Waals surface area contributed by atoms with Crippen molar-refractivity contribution in [1.82, 2.24) is 9.97 Å². The maximum atomic E-state index is 5.54. The Morgan fingerprint density at radius 3 is 2.04 bits per heavy atom. The van der Waals surface area contributed by atoms with Crippen LogP contribution in [0.1, 0.15) is 16.7 Å². The second-order valence-corrected chi connectivity index (χ2v) is 4.99. The first-order valence-corrected chi connectivity index (χ1v) is 7.48. The molecule has 0 N–H and O–H groups in total. The fraction of sp³-hybridized carbons (Fsp3) is 0.105. The second-order valence-electron chi connectivity index (χ2n) is 4.99. The zero-order valence-corrected chi connectivity index (χ0v) is 12.7. The lowest BCUT2D eigenvalue weighted by Crippen LogP contribution is -2.06. The number of aromatic nitrogens is 2. The van der Waals surface area contributed by atoms with Crippen molar-refractivity contribution in [1.29, 1.82) is 0 Å². The van der Waals surface area contributed by atoms with Gasteiger partial charge in [0.25, 0.3) is 0 Å². The van der Waals surface area contributed by atoms with Gasteiger partial charge in [-0.15, -0.1) is 0 Å². The summed E-state index contributed by atoms with van der Waals surface area (Å²) < 4.78 is 0. The van der Waals surface area contributed by atoms with Crippen LogP contribution in [0.3, 0.4) is 0 Å². The topological polar surface area (TPSA) is 47.4 Å². The van der Waals surface area contributed by atoms with Crippen molar-refractivity contribution in [2.75, 3.05) is 6.61 Å². The highest BCUT2D eigenvalue weighted by Crippen LogP contribution is 2.09. The molecule has 0 saturated heterocycles. The minimum absolute atomic E-state index is 0.522. The van der Waals surface area contributed by atoms with Crippen molar-refractivity contribution in [3.8, 4) is 0 Å². The Morgan fingerprint density at radius 1 is 0.826 bits per heavy atom. The van der Waals surface area contributed by atoms with Crippen LogP contribution in [0.15, 0.2) is 84.5 Å². The molecule has 4 nitrogen and oxygen atoms in total. The van der Waals surface area contributed by atoms with Crippen LogP contribution in [-0.2, 0) is 11.3 Å². The Bertz CT molecular complexity index is 702. The maximum absolute atomic E-state index is 5.54. The predicted molar refractivity (Wildman–Crippen MR) is 90.2 cm³/mol. The standard InChI is InChI=1S/C19H17N3O/c1-2-6-16(7-3-1)10-13-23-22-19(17-8-4-11-20-14-17)18-9-5-12-21-15-18/h1-9,11-12,14-15H,10,13H2. The zero-order valence-electron chi connectivity index (χ0n) is 12.7. The summed E-state index contributed by atoms with van der Waals surface area (Å²) in [7, 11) is 0. The molecule has 3 rings (SSSR count). The zero-order chi connectivity index (χ0) is 15.7. The van der Waals surface area contributed by atoms with Crippen LogP contribution in [0.25, 0.3) is 0 Å². The summed E-state index contributed by atoms with van der Waals surface area (Å²) in [5, 5.41) is 4.32. The predicted octanol–water partition coefficient (Wildman–Crippen LogP) is 3.49. The van der Waals surface area contributed by atoms with Gasteiger partial charge in [-0.1, -0.05) is 35.5 Å². The molecule has 4 heteroatoms. The number of hydrogen-bond donors (Lipinski definition) is 0. The van der Waals surface area contributed by atoms with E-state index in [1.807, 2.05) is 42.5 Å². The fourth-order valence-corrected chi connectivity index (χ4v) is 2.20. The molecule has 0 atom stereocenters. The molecule has 0 fully saturated rings. The second kappa shape index (κ2) is 7.84. The highest BCUT2D eigenvalue weighted by atomic mass is 16.6. The van der Waals surface area contributed by atoms with Crippen LogP contribution in [0.4, 0.5) is 0 Å². The molecular weight excluding hydrogens is 286 g/mol. The number of nitrogens with zero attached hydrogens (tertiary/aromatic N) is 3. The number of hydrogen-bond acceptors (Lipinski definition) is 4. The lowest BCUT2D eigenvalue weighted by atomic mass is 10.1. The maximum Gasteiger partial charge on any atom is 0.121 e. The smallest absolute Gasteiger partial charge is 0.121 e. The molecule has 0 aliphatic heterocycles. The van der Waals surface area contributed by atoms with E-state index >= 15 is 0 Å². The largest absolute Gasteiger partial charge is 0.395 e. The van der Waals surface area contributed by atoms with Crippen molar-refractivity contribution >= 4 is 5.71 Å². The molecule has 2 heterocycles. The molecule has 23 heavy (non-hydrogen) atoms. The summed E-state index contributed by atoms with van der Waals surface area (Å²) in [6.07, 6.45) is 7.83. The van der Waals surface area contributed by atoms with Crippen LogP contribution in [0.2, 0.25) is 0 Å². The molecule has 0 aliphatic rings. The molecule has 0 radical (unpaired) electrons. The molecule has 0 spiro atoms. The van der Waals surface area contributed by atoms with Crippen LogP contribution in [-0.4, -0.2) is 22.3 Å². The highest BCUT2D eigenvalue weighted by Gasteiger charge is 2.08. The summed E-state index contributed by atoms with van der Waals surface area (Å²) >= 11 is 0. The van der Waals surface area contributed by atoms with Gasteiger partial charge in [-0.05, 0) is 29.8 Å². The van der Waals surface area contributed by atoms with Crippen molar-refractivity contribution in [3.05, 3.63) is 96.1 Å². The summed E-state index contributed by atoms with van der Waals surface area (Å²) in [5.41, 5.74) is 3.77. The van der Waals surface area contributed by atoms with E-state index in [2.05, 4.69) is 27.3 Å². The van der Waals surface area contributed by atoms with E-state index < -0.39 is 0 Å². The third-order valence-electron chi connectivity index (χ3n) is 3.35. The van der Waals surface area contributed by atoms with Gasteiger partial charge in [0.2, 0.25) is 0 Å². The van der Waals surface area contributed by atoms with E-state index in [0.717, 1.165) is 23.3 Å². The lowest BCUT2D eigenvalue weighted by molar-refractivity contribution is 0.148. The Kier molecular flexibility index (Phi) is 5.08. The first-order valence-electron chi connectivity index (χ1n) is 7.48. The van der Waals surface area contributed by atoms with E-state index in [9.17, 15) is 0 Å². The summed E-state index contributed by atoms with van der Waals surface area (Å²) in [6, 6.07) is 17.9. The fourth-order valence-electron chi connectivity index (χ4n) is 2.20. The molecule has 0 unspecified atom stereocenters.